The van der Waals surface area contributed by atoms with Crippen molar-refractivity contribution < 1.29 is 39.8 Å². The smallest absolute Gasteiger partial charge is 0.220 e. The highest BCUT2D eigenvalue weighted by molar-refractivity contribution is 5.76. The number of unbranched alkanes of at least 4 members (excludes halogenated alkanes) is 30. The van der Waals surface area contributed by atoms with Crippen LogP contribution < -0.4 is 5.32 Å². The molecule has 0 aliphatic carbocycles. The summed E-state index contributed by atoms with van der Waals surface area (Å²) in [5.41, 5.74) is 0. The van der Waals surface area contributed by atoms with E-state index in [-0.39, 0.29) is 12.5 Å². The van der Waals surface area contributed by atoms with Crippen molar-refractivity contribution in [1.29, 1.82) is 0 Å². The molecule has 0 aromatic rings. The lowest BCUT2D eigenvalue weighted by molar-refractivity contribution is -0.302. The summed E-state index contributed by atoms with van der Waals surface area (Å²) in [5.74, 6) is -0.181. The fourth-order valence-corrected chi connectivity index (χ4v) is 7.97. The summed E-state index contributed by atoms with van der Waals surface area (Å²) in [7, 11) is 0. The molecule has 1 amide bonds. The highest BCUT2D eigenvalue weighted by Gasteiger charge is 2.44. The Kier molecular flexibility index (Phi) is 38.4. The van der Waals surface area contributed by atoms with Crippen molar-refractivity contribution >= 4 is 5.91 Å². The Morgan fingerprint density at radius 2 is 0.949 bits per heavy atom. The molecule has 7 atom stereocenters. The van der Waals surface area contributed by atoms with E-state index in [4.69, 9.17) is 9.47 Å². The number of ether oxygens (including phenoxy) is 2. The lowest BCUT2D eigenvalue weighted by Gasteiger charge is -2.40. The van der Waals surface area contributed by atoms with Gasteiger partial charge in [-0.2, -0.15) is 0 Å². The molecule has 0 saturated carbocycles. The molecule has 1 heterocycles. The second-order valence-electron chi connectivity index (χ2n) is 17.6. The van der Waals surface area contributed by atoms with Gasteiger partial charge in [0.1, 0.15) is 24.4 Å². The van der Waals surface area contributed by atoms with Crippen LogP contribution in [0.4, 0.5) is 0 Å². The number of allylic oxidation sites excluding steroid dienone is 3. The summed E-state index contributed by atoms with van der Waals surface area (Å²) in [4.78, 5) is 12.9. The fourth-order valence-electron chi connectivity index (χ4n) is 7.97. The van der Waals surface area contributed by atoms with Gasteiger partial charge in [0.15, 0.2) is 6.29 Å². The molecule has 0 radical (unpaired) electrons. The Labute approximate surface area is 362 Å². The van der Waals surface area contributed by atoms with Crippen molar-refractivity contribution in [3.63, 3.8) is 0 Å². The van der Waals surface area contributed by atoms with Crippen LogP contribution in [-0.2, 0) is 14.3 Å². The van der Waals surface area contributed by atoms with Gasteiger partial charge in [-0.05, 0) is 44.9 Å². The minimum atomic E-state index is -1.56. The predicted octanol–water partition coefficient (Wildman–Crippen LogP) is 11.1. The molecule has 9 nitrogen and oxygen atoms in total. The molecule has 7 unspecified atom stereocenters. The average molecular weight is 838 g/mol. The van der Waals surface area contributed by atoms with E-state index in [2.05, 4.69) is 31.3 Å². The van der Waals surface area contributed by atoms with E-state index in [1.54, 1.807) is 6.08 Å². The van der Waals surface area contributed by atoms with Gasteiger partial charge in [0, 0.05) is 6.42 Å². The van der Waals surface area contributed by atoms with Crippen LogP contribution in [0, 0.1) is 0 Å². The van der Waals surface area contributed by atoms with Gasteiger partial charge in [-0.15, -0.1) is 0 Å². The molecule has 348 valence electrons. The largest absolute Gasteiger partial charge is 0.394 e. The number of hydrogen-bond donors (Lipinski definition) is 6. The molecule has 6 N–H and O–H groups in total. The van der Waals surface area contributed by atoms with E-state index in [1.807, 2.05) is 6.08 Å². The molecule has 1 rings (SSSR count). The van der Waals surface area contributed by atoms with Crippen LogP contribution >= 0.6 is 0 Å². The van der Waals surface area contributed by atoms with E-state index in [0.29, 0.717) is 6.42 Å². The zero-order valence-corrected chi connectivity index (χ0v) is 38.3. The number of nitrogens with one attached hydrogen (secondary N) is 1. The van der Waals surface area contributed by atoms with Crippen molar-refractivity contribution in [3.05, 3.63) is 24.3 Å². The molecular formula is C50H95NO8. The van der Waals surface area contributed by atoms with Crippen LogP contribution in [-0.4, -0.2) is 87.5 Å². The zero-order valence-electron chi connectivity index (χ0n) is 38.3. The molecule has 9 heteroatoms. The molecule has 0 aromatic carbocycles. The van der Waals surface area contributed by atoms with Gasteiger partial charge in [0.2, 0.25) is 5.91 Å². The van der Waals surface area contributed by atoms with Gasteiger partial charge in [-0.3, -0.25) is 4.79 Å². The first-order valence-corrected chi connectivity index (χ1v) is 25.1. The van der Waals surface area contributed by atoms with Crippen LogP contribution in [0.5, 0.6) is 0 Å². The molecule has 1 fully saturated rings. The second-order valence-corrected chi connectivity index (χ2v) is 17.6. The monoisotopic (exact) mass is 838 g/mol. The van der Waals surface area contributed by atoms with Crippen molar-refractivity contribution in [2.75, 3.05) is 13.2 Å². The van der Waals surface area contributed by atoms with Crippen LogP contribution in [0.15, 0.2) is 24.3 Å². The van der Waals surface area contributed by atoms with Crippen molar-refractivity contribution in [2.24, 2.45) is 0 Å². The van der Waals surface area contributed by atoms with Crippen molar-refractivity contribution in [3.8, 4) is 0 Å². The van der Waals surface area contributed by atoms with Crippen LogP contribution in [0.3, 0.4) is 0 Å². The highest BCUT2D eigenvalue weighted by atomic mass is 16.7. The maximum atomic E-state index is 12.9. The number of carbonyl (C=O) groups is 1. The van der Waals surface area contributed by atoms with Gasteiger partial charge in [0.25, 0.3) is 0 Å². The van der Waals surface area contributed by atoms with Crippen molar-refractivity contribution in [2.45, 2.75) is 275 Å². The van der Waals surface area contributed by atoms with Crippen LogP contribution in [0.2, 0.25) is 0 Å². The average Bonchev–Trinajstić information content (AvgIpc) is 3.23. The number of aliphatic hydroxyl groups excluding tert-OH is 5. The number of aliphatic hydroxyl groups is 5. The normalized spacial score (nSPS) is 20.8. The van der Waals surface area contributed by atoms with Gasteiger partial charge >= 0.3 is 0 Å². The maximum Gasteiger partial charge on any atom is 0.220 e. The summed E-state index contributed by atoms with van der Waals surface area (Å²) in [6.45, 7) is 3.67. The number of hydrogen-bond acceptors (Lipinski definition) is 8. The van der Waals surface area contributed by atoms with E-state index in [9.17, 15) is 30.3 Å². The number of carbonyl (C=O) groups excluding carboxylic acids is 1. The molecule has 1 aliphatic rings. The predicted molar refractivity (Wildman–Crippen MR) is 244 cm³/mol. The van der Waals surface area contributed by atoms with Gasteiger partial charge in [0.05, 0.1) is 25.4 Å². The summed E-state index contributed by atoms with van der Waals surface area (Å²) in [6, 6.07) is -0.797. The molecule has 0 spiro atoms. The van der Waals surface area contributed by atoms with Gasteiger partial charge < -0.3 is 40.3 Å². The van der Waals surface area contributed by atoms with E-state index in [1.165, 1.54) is 167 Å². The Bertz CT molecular complexity index is 977. The number of amides is 1. The fraction of sp³-hybridized carbons (Fsp3) is 0.900. The third kappa shape index (κ3) is 31.2. The third-order valence-corrected chi connectivity index (χ3v) is 12.0. The molecule has 1 aliphatic heterocycles. The van der Waals surface area contributed by atoms with Crippen molar-refractivity contribution in [1.82, 2.24) is 5.32 Å². The second kappa shape index (κ2) is 40.7. The highest BCUT2D eigenvalue weighted by Crippen LogP contribution is 2.23. The molecule has 59 heavy (non-hydrogen) atoms. The first kappa shape index (κ1) is 55.7. The lowest BCUT2D eigenvalue weighted by Crippen LogP contribution is -2.60. The van der Waals surface area contributed by atoms with E-state index in [0.717, 1.165) is 44.9 Å². The molecule has 0 bridgehead atoms. The first-order valence-electron chi connectivity index (χ1n) is 25.1. The number of rotatable bonds is 42. The van der Waals surface area contributed by atoms with E-state index < -0.39 is 49.5 Å². The van der Waals surface area contributed by atoms with Crippen LogP contribution in [0.25, 0.3) is 0 Å². The Morgan fingerprint density at radius 3 is 1.41 bits per heavy atom. The Morgan fingerprint density at radius 1 is 0.559 bits per heavy atom. The standard InChI is InChI=1S/C50H95NO8/c1-3-5-7-9-10-11-12-13-14-15-16-17-18-19-20-21-22-23-24-25-26-27-28-29-30-31-32-33-34-36-38-40-46(54)51-43(44(53)39-37-35-8-6-4-2)42-58-50-49(57)48(56)47(55)45(41-52)59-50/h15-16,37,39,43-45,47-50,52-53,55-57H,3-14,17-36,38,40-42H2,1-2H3,(H,51,54)/b16-15-,39-37+. The SMILES string of the molecule is CCCCC/C=C/C(O)C(COC1OC(CO)C(O)C(O)C1O)NC(=O)CCCCCCCCCCCCCCCCCCCCC/C=C\CCCCCCCCCC. The first-order chi connectivity index (χ1) is 28.8. The Balaban J connectivity index is 2.02. The summed E-state index contributed by atoms with van der Waals surface area (Å²) in [6.07, 6.45) is 43.1. The lowest BCUT2D eigenvalue weighted by atomic mass is 9.99. The van der Waals surface area contributed by atoms with Gasteiger partial charge in [-0.1, -0.05) is 205 Å². The maximum absolute atomic E-state index is 12.9. The quantitative estimate of drug-likeness (QED) is 0.0263. The summed E-state index contributed by atoms with van der Waals surface area (Å²) < 4.78 is 11.1. The topological polar surface area (TPSA) is 149 Å². The Hall–Kier alpha value is -1.33. The summed E-state index contributed by atoms with van der Waals surface area (Å²) in [5, 5.41) is 53.7. The van der Waals surface area contributed by atoms with E-state index >= 15 is 0 Å². The molecule has 1 saturated heterocycles. The minimum Gasteiger partial charge on any atom is -0.394 e. The summed E-state index contributed by atoms with van der Waals surface area (Å²) >= 11 is 0. The molecular weight excluding hydrogens is 743 g/mol. The molecule has 0 aromatic heterocycles. The van der Waals surface area contributed by atoms with Crippen LogP contribution in [0.1, 0.15) is 232 Å². The van der Waals surface area contributed by atoms with Gasteiger partial charge in [-0.25, -0.2) is 0 Å². The minimum absolute atomic E-state index is 0.181. The third-order valence-electron chi connectivity index (χ3n) is 12.0. The zero-order chi connectivity index (χ0) is 43.0.